The number of aromatic hydroxyl groups is 1. The van der Waals surface area contributed by atoms with E-state index in [0.29, 0.717) is 11.3 Å². The largest absolute Gasteiger partial charge is 0.507 e. The maximum absolute atomic E-state index is 9.61. The molecule has 0 aliphatic heterocycles. The number of benzene rings is 1. The third kappa shape index (κ3) is 1.40. The number of nitrogen functional groups attached to an aromatic ring is 1. The highest BCUT2D eigenvalue weighted by Gasteiger charge is 2.05. The summed E-state index contributed by atoms with van der Waals surface area (Å²) < 4.78 is 0. The lowest BCUT2D eigenvalue weighted by atomic mass is 10.1. The minimum atomic E-state index is 0.215. The molecule has 0 radical (unpaired) electrons. The van der Waals surface area contributed by atoms with Crippen molar-refractivity contribution in [3.63, 3.8) is 0 Å². The average Bonchev–Trinajstić information content (AvgIpc) is 2.20. The predicted molar refractivity (Wildman–Crippen MR) is 55.8 cm³/mol. The first-order chi connectivity index (χ1) is 6.79. The van der Waals surface area contributed by atoms with E-state index in [0.717, 1.165) is 5.56 Å². The standard InChI is InChI=1S/C11H10N2O/c12-10-5-6-13-7-9(10)8-3-1-2-4-11(8)14/h1-7,14H,(H2,12,13). The molecule has 3 N–H and O–H groups in total. The van der Waals surface area contributed by atoms with Gasteiger partial charge in [-0.1, -0.05) is 18.2 Å². The number of pyridine rings is 1. The van der Waals surface area contributed by atoms with Gasteiger partial charge in [0.15, 0.2) is 0 Å². The Kier molecular flexibility index (Phi) is 2.07. The van der Waals surface area contributed by atoms with Crippen LogP contribution in [-0.2, 0) is 0 Å². The summed E-state index contributed by atoms with van der Waals surface area (Å²) in [4.78, 5) is 3.97. The summed E-state index contributed by atoms with van der Waals surface area (Å²) in [6.45, 7) is 0. The Balaban J connectivity index is 2.61. The highest BCUT2D eigenvalue weighted by atomic mass is 16.3. The molecule has 1 heterocycles. The Morgan fingerprint density at radius 1 is 1.07 bits per heavy atom. The lowest BCUT2D eigenvalue weighted by Crippen LogP contribution is -1.90. The molecule has 0 saturated carbocycles. The summed E-state index contributed by atoms with van der Waals surface area (Å²) in [5, 5.41) is 9.61. The summed E-state index contributed by atoms with van der Waals surface area (Å²) in [5.41, 5.74) is 7.84. The quantitative estimate of drug-likeness (QED) is 0.716. The molecule has 0 aliphatic carbocycles. The van der Waals surface area contributed by atoms with E-state index < -0.39 is 0 Å². The van der Waals surface area contributed by atoms with Crippen molar-refractivity contribution in [1.29, 1.82) is 0 Å². The van der Waals surface area contributed by atoms with Crippen LogP contribution in [0.4, 0.5) is 5.69 Å². The Labute approximate surface area is 81.8 Å². The average molecular weight is 186 g/mol. The molecule has 0 aliphatic rings. The molecule has 2 rings (SSSR count). The van der Waals surface area contributed by atoms with Crippen LogP contribution in [0.1, 0.15) is 0 Å². The van der Waals surface area contributed by atoms with E-state index in [1.165, 1.54) is 0 Å². The summed E-state index contributed by atoms with van der Waals surface area (Å²) >= 11 is 0. The van der Waals surface area contributed by atoms with Gasteiger partial charge in [-0.2, -0.15) is 0 Å². The second-order valence-electron chi connectivity index (χ2n) is 2.98. The zero-order valence-corrected chi connectivity index (χ0v) is 7.51. The lowest BCUT2D eigenvalue weighted by Gasteiger charge is -2.06. The van der Waals surface area contributed by atoms with E-state index in [-0.39, 0.29) is 5.75 Å². The molecule has 0 unspecified atom stereocenters. The van der Waals surface area contributed by atoms with Gasteiger partial charge in [0.2, 0.25) is 0 Å². The Morgan fingerprint density at radius 2 is 1.86 bits per heavy atom. The second kappa shape index (κ2) is 3.38. The van der Waals surface area contributed by atoms with Crippen LogP contribution in [0, 0.1) is 0 Å². The number of phenols is 1. The molecule has 0 amide bonds. The topological polar surface area (TPSA) is 59.1 Å². The number of para-hydroxylation sites is 1. The molecule has 0 fully saturated rings. The molecule has 3 nitrogen and oxygen atoms in total. The van der Waals surface area contributed by atoms with Crippen LogP contribution in [-0.4, -0.2) is 10.1 Å². The number of anilines is 1. The molecule has 1 aromatic heterocycles. The van der Waals surface area contributed by atoms with Crippen molar-refractivity contribution in [1.82, 2.24) is 4.98 Å². The van der Waals surface area contributed by atoms with Crippen LogP contribution in [0.25, 0.3) is 11.1 Å². The van der Waals surface area contributed by atoms with E-state index in [1.807, 2.05) is 12.1 Å². The van der Waals surface area contributed by atoms with Crippen LogP contribution in [0.15, 0.2) is 42.7 Å². The maximum atomic E-state index is 9.61. The van der Waals surface area contributed by atoms with Crippen LogP contribution >= 0.6 is 0 Å². The summed E-state index contributed by atoms with van der Waals surface area (Å²) in [5.74, 6) is 0.215. The molecular formula is C11H10N2O. The van der Waals surface area contributed by atoms with Crippen LogP contribution in [0.2, 0.25) is 0 Å². The van der Waals surface area contributed by atoms with Gasteiger partial charge in [-0.25, -0.2) is 0 Å². The zero-order chi connectivity index (χ0) is 9.97. The van der Waals surface area contributed by atoms with Crippen molar-refractivity contribution in [3.8, 4) is 16.9 Å². The fourth-order valence-corrected chi connectivity index (χ4v) is 1.33. The minimum Gasteiger partial charge on any atom is -0.507 e. The Morgan fingerprint density at radius 3 is 2.57 bits per heavy atom. The van der Waals surface area contributed by atoms with Crippen molar-refractivity contribution < 1.29 is 5.11 Å². The molecule has 0 bridgehead atoms. The van der Waals surface area contributed by atoms with E-state index in [4.69, 9.17) is 5.73 Å². The maximum Gasteiger partial charge on any atom is 0.123 e. The normalized spacial score (nSPS) is 10.0. The van der Waals surface area contributed by atoms with Crippen LogP contribution in [0.3, 0.4) is 0 Å². The fourth-order valence-electron chi connectivity index (χ4n) is 1.33. The number of rotatable bonds is 1. The smallest absolute Gasteiger partial charge is 0.123 e. The van der Waals surface area contributed by atoms with Crippen molar-refractivity contribution >= 4 is 5.69 Å². The number of hydrogen-bond acceptors (Lipinski definition) is 3. The van der Waals surface area contributed by atoms with Gasteiger partial charge in [-0.3, -0.25) is 4.98 Å². The third-order valence-corrected chi connectivity index (χ3v) is 2.05. The fraction of sp³-hybridized carbons (Fsp3) is 0. The van der Waals surface area contributed by atoms with Gasteiger partial charge in [-0.15, -0.1) is 0 Å². The first-order valence-corrected chi connectivity index (χ1v) is 4.27. The summed E-state index contributed by atoms with van der Waals surface area (Å²) in [7, 11) is 0. The van der Waals surface area contributed by atoms with Crippen molar-refractivity contribution in [2.24, 2.45) is 0 Å². The highest BCUT2D eigenvalue weighted by molar-refractivity contribution is 5.79. The van der Waals surface area contributed by atoms with E-state index in [1.54, 1.807) is 30.6 Å². The Hall–Kier alpha value is -2.03. The molecule has 14 heavy (non-hydrogen) atoms. The van der Waals surface area contributed by atoms with E-state index >= 15 is 0 Å². The number of nitrogens with zero attached hydrogens (tertiary/aromatic N) is 1. The Bertz CT molecular complexity index is 411. The second-order valence-corrected chi connectivity index (χ2v) is 2.98. The van der Waals surface area contributed by atoms with Crippen molar-refractivity contribution in [2.75, 3.05) is 5.73 Å². The molecule has 0 saturated heterocycles. The van der Waals surface area contributed by atoms with Gasteiger partial charge in [0, 0.05) is 29.2 Å². The predicted octanol–water partition coefficient (Wildman–Crippen LogP) is 2.04. The molecule has 2 aromatic rings. The van der Waals surface area contributed by atoms with Crippen molar-refractivity contribution in [3.05, 3.63) is 42.7 Å². The van der Waals surface area contributed by atoms with Gasteiger partial charge >= 0.3 is 0 Å². The van der Waals surface area contributed by atoms with Gasteiger partial charge < -0.3 is 10.8 Å². The SMILES string of the molecule is Nc1ccncc1-c1ccccc1O. The first-order valence-electron chi connectivity index (χ1n) is 4.27. The van der Waals surface area contributed by atoms with Crippen LogP contribution < -0.4 is 5.73 Å². The highest BCUT2D eigenvalue weighted by Crippen LogP contribution is 2.31. The molecular weight excluding hydrogens is 176 g/mol. The molecule has 70 valence electrons. The number of nitrogens with two attached hydrogens (primary N) is 1. The molecule has 0 atom stereocenters. The zero-order valence-electron chi connectivity index (χ0n) is 7.51. The first kappa shape index (κ1) is 8.56. The minimum absolute atomic E-state index is 0.215. The van der Waals surface area contributed by atoms with Gasteiger partial charge in [0.25, 0.3) is 0 Å². The van der Waals surface area contributed by atoms with E-state index in [9.17, 15) is 5.11 Å². The van der Waals surface area contributed by atoms with Gasteiger partial charge in [0.05, 0.1) is 0 Å². The van der Waals surface area contributed by atoms with E-state index in [2.05, 4.69) is 4.98 Å². The molecule has 1 aromatic carbocycles. The number of aromatic nitrogens is 1. The third-order valence-electron chi connectivity index (χ3n) is 2.05. The molecule has 3 heteroatoms. The van der Waals surface area contributed by atoms with Crippen molar-refractivity contribution in [2.45, 2.75) is 0 Å². The summed E-state index contributed by atoms with van der Waals surface area (Å²) in [6, 6.07) is 8.76. The van der Waals surface area contributed by atoms with Crippen LogP contribution in [0.5, 0.6) is 5.75 Å². The van der Waals surface area contributed by atoms with Gasteiger partial charge in [-0.05, 0) is 12.1 Å². The monoisotopic (exact) mass is 186 g/mol. The number of hydrogen-bond donors (Lipinski definition) is 2. The number of phenolic OH excluding ortho intramolecular Hbond substituents is 1. The molecule has 0 spiro atoms. The van der Waals surface area contributed by atoms with Gasteiger partial charge in [0.1, 0.15) is 5.75 Å². The lowest BCUT2D eigenvalue weighted by molar-refractivity contribution is 0.477. The summed E-state index contributed by atoms with van der Waals surface area (Å²) in [6.07, 6.45) is 3.27.